The number of hydrogen-bond donors (Lipinski definition) is 2. The maximum absolute atomic E-state index is 12.4. The van der Waals surface area contributed by atoms with Gasteiger partial charge >= 0.3 is 0 Å². The molecule has 1 heterocycles. The summed E-state index contributed by atoms with van der Waals surface area (Å²) < 4.78 is 5.40. The molecule has 2 aromatic carbocycles. The summed E-state index contributed by atoms with van der Waals surface area (Å²) >= 11 is 1.67. The van der Waals surface area contributed by atoms with Crippen LogP contribution in [-0.4, -0.2) is 29.2 Å². The Morgan fingerprint density at radius 3 is 2.32 bits per heavy atom. The normalized spacial score (nSPS) is 10.4. The van der Waals surface area contributed by atoms with Crippen LogP contribution < -0.4 is 15.4 Å². The van der Waals surface area contributed by atoms with Crippen LogP contribution in [0.1, 0.15) is 29.4 Å². The molecule has 2 amide bonds. The Balaban J connectivity index is 1.42. The molecule has 160 valence electrons. The summed E-state index contributed by atoms with van der Waals surface area (Å²) in [6, 6.07) is 19.9. The lowest BCUT2D eigenvalue weighted by Gasteiger charge is -2.09. The molecule has 7 heteroatoms. The first kappa shape index (κ1) is 22.4. The first-order valence-electron chi connectivity index (χ1n) is 10.1. The zero-order valence-electron chi connectivity index (χ0n) is 17.3. The van der Waals surface area contributed by atoms with E-state index in [1.165, 1.54) is 0 Å². The third kappa shape index (κ3) is 7.46. The second-order valence-electron chi connectivity index (χ2n) is 6.66. The van der Waals surface area contributed by atoms with Gasteiger partial charge in [0.2, 0.25) is 5.91 Å². The van der Waals surface area contributed by atoms with Gasteiger partial charge in [0.25, 0.3) is 5.91 Å². The van der Waals surface area contributed by atoms with Gasteiger partial charge in [0.1, 0.15) is 5.75 Å². The Morgan fingerprint density at radius 2 is 1.65 bits per heavy atom. The number of nitrogens with zero attached hydrogens (tertiary/aromatic N) is 1. The van der Waals surface area contributed by atoms with Crippen LogP contribution >= 0.6 is 11.8 Å². The van der Waals surface area contributed by atoms with Crippen molar-refractivity contribution in [2.75, 3.05) is 23.0 Å². The molecule has 0 aliphatic rings. The second kappa shape index (κ2) is 11.8. The highest BCUT2D eigenvalue weighted by atomic mass is 32.2. The SMILES string of the molecule is CCOc1ccc(NC(=O)c2ccc(NC(=O)CCSCc3ccccn3)cc2)cc1. The van der Waals surface area contributed by atoms with E-state index < -0.39 is 0 Å². The number of pyridine rings is 1. The standard InChI is InChI=1S/C24H25N3O3S/c1-2-30-22-12-10-20(11-13-22)27-24(29)18-6-8-19(9-7-18)26-23(28)14-16-31-17-21-5-3-4-15-25-21/h3-13,15H,2,14,16-17H2,1H3,(H,26,28)(H,27,29). The van der Waals surface area contributed by atoms with E-state index in [1.54, 1.807) is 54.4 Å². The van der Waals surface area contributed by atoms with Crippen LogP contribution in [0.2, 0.25) is 0 Å². The number of ether oxygens (including phenoxy) is 1. The molecule has 2 N–H and O–H groups in total. The van der Waals surface area contributed by atoms with Crippen molar-refractivity contribution in [3.63, 3.8) is 0 Å². The van der Waals surface area contributed by atoms with Crippen molar-refractivity contribution < 1.29 is 14.3 Å². The quantitative estimate of drug-likeness (QED) is 0.438. The largest absolute Gasteiger partial charge is 0.494 e. The molecule has 3 aromatic rings. The molecule has 0 spiro atoms. The molecule has 0 unspecified atom stereocenters. The Morgan fingerprint density at radius 1 is 0.935 bits per heavy atom. The van der Waals surface area contributed by atoms with Crippen molar-refractivity contribution in [2.45, 2.75) is 19.1 Å². The number of carbonyl (C=O) groups is 2. The molecule has 0 bridgehead atoms. The van der Waals surface area contributed by atoms with Crippen LogP contribution in [0.25, 0.3) is 0 Å². The molecule has 0 aliphatic heterocycles. The topological polar surface area (TPSA) is 80.3 Å². The molecular formula is C24H25N3O3S. The summed E-state index contributed by atoms with van der Waals surface area (Å²) in [5.41, 5.74) is 2.87. The van der Waals surface area contributed by atoms with Gasteiger partial charge < -0.3 is 15.4 Å². The average molecular weight is 436 g/mol. The van der Waals surface area contributed by atoms with Crippen molar-refractivity contribution >= 4 is 35.0 Å². The lowest BCUT2D eigenvalue weighted by molar-refractivity contribution is -0.115. The fourth-order valence-electron chi connectivity index (χ4n) is 2.76. The van der Waals surface area contributed by atoms with Crippen LogP contribution in [0.5, 0.6) is 5.75 Å². The van der Waals surface area contributed by atoms with Gasteiger partial charge in [-0.05, 0) is 67.6 Å². The number of nitrogens with one attached hydrogen (secondary N) is 2. The van der Waals surface area contributed by atoms with Gasteiger partial charge in [-0.2, -0.15) is 11.8 Å². The van der Waals surface area contributed by atoms with E-state index in [2.05, 4.69) is 15.6 Å². The van der Waals surface area contributed by atoms with E-state index in [-0.39, 0.29) is 11.8 Å². The Bertz CT molecular complexity index is 977. The van der Waals surface area contributed by atoms with Crippen LogP contribution in [-0.2, 0) is 10.5 Å². The predicted molar refractivity (Wildman–Crippen MR) is 126 cm³/mol. The highest BCUT2D eigenvalue weighted by Crippen LogP contribution is 2.17. The fraction of sp³-hybridized carbons (Fsp3) is 0.208. The fourth-order valence-corrected chi connectivity index (χ4v) is 3.61. The van der Waals surface area contributed by atoms with E-state index in [1.807, 2.05) is 37.3 Å². The minimum Gasteiger partial charge on any atom is -0.494 e. The van der Waals surface area contributed by atoms with Crippen LogP contribution in [0.4, 0.5) is 11.4 Å². The predicted octanol–water partition coefficient (Wildman–Crippen LogP) is 4.99. The zero-order chi connectivity index (χ0) is 21.9. The van der Waals surface area contributed by atoms with Gasteiger partial charge in [0.05, 0.1) is 12.3 Å². The first-order valence-corrected chi connectivity index (χ1v) is 11.2. The van der Waals surface area contributed by atoms with Gasteiger partial charge in [-0.15, -0.1) is 0 Å². The molecule has 1 aromatic heterocycles. The van der Waals surface area contributed by atoms with E-state index in [9.17, 15) is 9.59 Å². The molecule has 0 saturated heterocycles. The second-order valence-corrected chi connectivity index (χ2v) is 7.77. The Hall–Kier alpha value is -3.32. The van der Waals surface area contributed by atoms with Crippen LogP contribution in [0, 0.1) is 0 Å². The zero-order valence-corrected chi connectivity index (χ0v) is 18.2. The number of amides is 2. The Kier molecular flexibility index (Phi) is 8.48. The molecule has 0 saturated carbocycles. The molecular weight excluding hydrogens is 410 g/mol. The lowest BCUT2D eigenvalue weighted by Crippen LogP contribution is -2.14. The van der Waals surface area contributed by atoms with Crippen molar-refractivity contribution in [3.8, 4) is 5.75 Å². The lowest BCUT2D eigenvalue weighted by atomic mass is 10.2. The molecule has 0 fully saturated rings. The highest BCUT2D eigenvalue weighted by molar-refractivity contribution is 7.98. The van der Waals surface area contributed by atoms with Gasteiger partial charge in [0, 0.05) is 41.1 Å². The van der Waals surface area contributed by atoms with E-state index in [4.69, 9.17) is 4.74 Å². The number of aromatic nitrogens is 1. The van der Waals surface area contributed by atoms with Crippen molar-refractivity contribution in [1.29, 1.82) is 0 Å². The summed E-state index contributed by atoms with van der Waals surface area (Å²) in [6.45, 7) is 2.52. The smallest absolute Gasteiger partial charge is 0.255 e. The Labute approximate surface area is 186 Å². The van der Waals surface area contributed by atoms with Crippen molar-refractivity contribution in [1.82, 2.24) is 4.98 Å². The van der Waals surface area contributed by atoms with Gasteiger partial charge in [0.15, 0.2) is 0 Å². The summed E-state index contributed by atoms with van der Waals surface area (Å²) in [5.74, 6) is 1.99. The number of hydrogen-bond acceptors (Lipinski definition) is 5. The van der Waals surface area contributed by atoms with Crippen LogP contribution in [0.15, 0.2) is 72.9 Å². The monoisotopic (exact) mass is 435 g/mol. The maximum atomic E-state index is 12.4. The summed E-state index contributed by atoms with van der Waals surface area (Å²) in [4.78, 5) is 28.8. The molecule has 31 heavy (non-hydrogen) atoms. The van der Waals surface area contributed by atoms with Crippen molar-refractivity contribution in [2.24, 2.45) is 0 Å². The number of benzene rings is 2. The number of rotatable bonds is 10. The summed E-state index contributed by atoms with van der Waals surface area (Å²) in [7, 11) is 0. The van der Waals surface area contributed by atoms with Gasteiger partial charge in [-0.3, -0.25) is 14.6 Å². The van der Waals surface area contributed by atoms with Gasteiger partial charge in [-0.1, -0.05) is 6.07 Å². The minimum absolute atomic E-state index is 0.0555. The minimum atomic E-state index is -0.215. The summed E-state index contributed by atoms with van der Waals surface area (Å²) in [6.07, 6.45) is 2.18. The molecule has 3 rings (SSSR count). The molecule has 6 nitrogen and oxygen atoms in total. The first-order chi connectivity index (χ1) is 15.1. The average Bonchev–Trinajstić information content (AvgIpc) is 2.79. The highest BCUT2D eigenvalue weighted by Gasteiger charge is 2.08. The third-order valence-electron chi connectivity index (χ3n) is 4.30. The van der Waals surface area contributed by atoms with Gasteiger partial charge in [-0.25, -0.2) is 0 Å². The van der Waals surface area contributed by atoms with Crippen molar-refractivity contribution in [3.05, 3.63) is 84.2 Å². The number of thioether (sulfide) groups is 1. The van der Waals surface area contributed by atoms with E-state index in [0.717, 1.165) is 17.2 Å². The van der Waals surface area contributed by atoms with E-state index in [0.29, 0.717) is 35.7 Å². The number of anilines is 2. The van der Waals surface area contributed by atoms with E-state index >= 15 is 0 Å². The number of carbonyl (C=O) groups excluding carboxylic acids is 2. The third-order valence-corrected chi connectivity index (χ3v) is 5.30. The molecule has 0 radical (unpaired) electrons. The molecule has 0 aliphatic carbocycles. The molecule has 0 atom stereocenters. The maximum Gasteiger partial charge on any atom is 0.255 e. The van der Waals surface area contributed by atoms with Crippen LogP contribution in [0.3, 0.4) is 0 Å². The summed E-state index contributed by atoms with van der Waals surface area (Å²) in [5, 5.41) is 5.71.